The van der Waals surface area contributed by atoms with Crippen LogP contribution in [0.4, 0.5) is 17.2 Å². The van der Waals surface area contributed by atoms with Gasteiger partial charge < -0.3 is 20.1 Å². The monoisotopic (exact) mass is 474 g/mol. The zero-order valence-electron chi connectivity index (χ0n) is 19.8. The van der Waals surface area contributed by atoms with Crippen LogP contribution in [0.2, 0.25) is 0 Å². The van der Waals surface area contributed by atoms with Gasteiger partial charge in [-0.15, -0.1) is 0 Å². The molecule has 2 aromatic carbocycles. The Labute approximate surface area is 201 Å². The highest BCUT2D eigenvalue weighted by Gasteiger charge is 2.28. The van der Waals surface area contributed by atoms with Gasteiger partial charge in [0.15, 0.2) is 5.75 Å². The summed E-state index contributed by atoms with van der Waals surface area (Å²) in [6, 6.07) is 10.6. The molecule has 0 unspecified atom stereocenters. The SMILES string of the molecule is CCOC(=O)[C@H](Cc1ccc(Nc2nc(C)cc3ccncc23)cc1)Nc1c(OCC)c(=O)c1=O. The van der Waals surface area contributed by atoms with E-state index in [1.54, 1.807) is 26.2 Å². The normalized spacial score (nSPS) is 11.9. The van der Waals surface area contributed by atoms with E-state index in [2.05, 4.69) is 20.6 Å². The van der Waals surface area contributed by atoms with Gasteiger partial charge in [0.1, 0.15) is 17.5 Å². The number of hydrogen-bond donors (Lipinski definition) is 2. The first kappa shape index (κ1) is 23.9. The van der Waals surface area contributed by atoms with Gasteiger partial charge in [-0.2, -0.15) is 0 Å². The summed E-state index contributed by atoms with van der Waals surface area (Å²) in [6.07, 6.45) is 3.76. The topological polar surface area (TPSA) is 120 Å². The fraction of sp³-hybridized carbons (Fsp3) is 0.269. The molecule has 2 heterocycles. The summed E-state index contributed by atoms with van der Waals surface area (Å²) < 4.78 is 10.4. The summed E-state index contributed by atoms with van der Waals surface area (Å²) in [5.41, 5.74) is 1.16. The van der Waals surface area contributed by atoms with Crippen molar-refractivity contribution < 1.29 is 14.3 Å². The number of ether oxygens (including phenoxy) is 2. The molecular formula is C26H26N4O5. The van der Waals surface area contributed by atoms with Crippen LogP contribution in [-0.2, 0) is 16.0 Å². The fourth-order valence-corrected chi connectivity index (χ4v) is 3.81. The molecule has 4 aromatic rings. The summed E-state index contributed by atoms with van der Waals surface area (Å²) in [4.78, 5) is 45.2. The molecule has 0 aliphatic rings. The molecule has 9 heteroatoms. The Bertz CT molecular complexity index is 1420. The molecule has 0 saturated carbocycles. The average Bonchev–Trinajstić information content (AvgIpc) is 2.86. The Balaban J connectivity index is 1.52. The van der Waals surface area contributed by atoms with Gasteiger partial charge in [0.05, 0.1) is 13.2 Å². The van der Waals surface area contributed by atoms with Gasteiger partial charge >= 0.3 is 5.97 Å². The summed E-state index contributed by atoms with van der Waals surface area (Å²) in [5, 5.41) is 8.14. The Kier molecular flexibility index (Phi) is 7.05. The van der Waals surface area contributed by atoms with Crippen LogP contribution in [0.15, 0.2) is 58.4 Å². The van der Waals surface area contributed by atoms with E-state index in [1.165, 1.54) is 0 Å². The van der Waals surface area contributed by atoms with Crippen molar-refractivity contribution in [2.24, 2.45) is 0 Å². The number of aryl methyl sites for hydroxylation is 1. The van der Waals surface area contributed by atoms with Crippen molar-refractivity contribution in [1.82, 2.24) is 9.97 Å². The van der Waals surface area contributed by atoms with Crippen molar-refractivity contribution in [3.05, 3.63) is 80.5 Å². The number of rotatable bonds is 10. The highest BCUT2D eigenvalue weighted by atomic mass is 16.5. The number of nitrogens with one attached hydrogen (secondary N) is 2. The number of hydrogen-bond acceptors (Lipinski definition) is 9. The van der Waals surface area contributed by atoms with E-state index in [9.17, 15) is 14.4 Å². The van der Waals surface area contributed by atoms with Gasteiger partial charge in [0.2, 0.25) is 0 Å². The number of carbonyl (C=O) groups is 1. The molecule has 1 atom stereocenters. The molecule has 0 saturated heterocycles. The number of anilines is 3. The minimum atomic E-state index is -0.857. The van der Waals surface area contributed by atoms with E-state index in [0.29, 0.717) is 5.82 Å². The molecule has 9 nitrogen and oxygen atoms in total. The second-order valence-corrected chi connectivity index (χ2v) is 7.98. The highest BCUT2D eigenvalue weighted by molar-refractivity contribution is 5.92. The summed E-state index contributed by atoms with van der Waals surface area (Å²) in [7, 11) is 0. The minimum absolute atomic E-state index is 0.0131. The van der Waals surface area contributed by atoms with Gasteiger partial charge in [-0.1, -0.05) is 12.1 Å². The maximum Gasteiger partial charge on any atom is 0.328 e. The lowest BCUT2D eigenvalue weighted by molar-refractivity contribution is -0.144. The summed E-state index contributed by atoms with van der Waals surface area (Å²) in [5.74, 6) is 0.141. The summed E-state index contributed by atoms with van der Waals surface area (Å²) in [6.45, 7) is 5.78. The third-order valence-corrected chi connectivity index (χ3v) is 5.46. The van der Waals surface area contributed by atoms with Crippen molar-refractivity contribution in [2.75, 3.05) is 23.8 Å². The predicted molar refractivity (Wildman–Crippen MR) is 134 cm³/mol. The number of carbonyl (C=O) groups excluding carboxylic acids is 1. The van der Waals surface area contributed by atoms with E-state index in [0.717, 1.165) is 27.7 Å². The van der Waals surface area contributed by atoms with Crippen molar-refractivity contribution in [3.63, 3.8) is 0 Å². The van der Waals surface area contributed by atoms with Crippen molar-refractivity contribution in [2.45, 2.75) is 33.2 Å². The molecule has 0 bridgehead atoms. The van der Waals surface area contributed by atoms with Crippen LogP contribution in [0.3, 0.4) is 0 Å². The minimum Gasteiger partial charge on any atom is -0.488 e. The van der Waals surface area contributed by atoms with E-state index in [-0.39, 0.29) is 31.1 Å². The first-order chi connectivity index (χ1) is 16.9. The van der Waals surface area contributed by atoms with Crippen LogP contribution in [-0.4, -0.2) is 35.2 Å². The number of benzene rings is 1. The van der Waals surface area contributed by atoms with E-state index in [1.807, 2.05) is 43.3 Å². The molecule has 180 valence electrons. The zero-order valence-corrected chi connectivity index (χ0v) is 19.8. The van der Waals surface area contributed by atoms with Crippen LogP contribution < -0.4 is 26.2 Å². The van der Waals surface area contributed by atoms with Crippen LogP contribution in [0.5, 0.6) is 5.75 Å². The third-order valence-electron chi connectivity index (χ3n) is 5.46. The third kappa shape index (κ3) is 5.13. The molecular weight excluding hydrogens is 448 g/mol. The van der Waals surface area contributed by atoms with Crippen molar-refractivity contribution in [3.8, 4) is 5.75 Å². The second kappa shape index (κ2) is 10.3. The summed E-state index contributed by atoms with van der Waals surface area (Å²) >= 11 is 0. The van der Waals surface area contributed by atoms with Crippen molar-refractivity contribution >= 4 is 33.9 Å². The van der Waals surface area contributed by atoms with Gasteiger partial charge in [-0.05, 0) is 56.0 Å². The Hall–Kier alpha value is -4.27. The van der Waals surface area contributed by atoms with Gasteiger partial charge in [0, 0.05) is 35.6 Å². The maximum absolute atomic E-state index is 12.6. The second-order valence-electron chi connectivity index (χ2n) is 7.98. The molecule has 0 aliphatic carbocycles. The first-order valence-corrected chi connectivity index (χ1v) is 11.4. The lowest BCUT2D eigenvalue weighted by Crippen LogP contribution is -2.42. The van der Waals surface area contributed by atoms with Crippen LogP contribution >= 0.6 is 0 Å². The largest absolute Gasteiger partial charge is 0.488 e. The molecule has 0 amide bonds. The lowest BCUT2D eigenvalue weighted by Gasteiger charge is -2.21. The highest BCUT2D eigenvalue weighted by Crippen LogP contribution is 2.25. The van der Waals surface area contributed by atoms with Crippen LogP contribution in [0.25, 0.3) is 10.8 Å². The molecule has 4 rings (SSSR count). The number of esters is 1. The fourth-order valence-electron chi connectivity index (χ4n) is 3.81. The molecule has 2 N–H and O–H groups in total. The Morgan fingerprint density at radius 2 is 1.83 bits per heavy atom. The molecule has 0 fully saturated rings. The first-order valence-electron chi connectivity index (χ1n) is 11.4. The molecule has 0 aliphatic heterocycles. The number of nitrogens with zero attached hydrogens (tertiary/aromatic N) is 2. The van der Waals surface area contributed by atoms with Crippen LogP contribution in [0, 0.1) is 6.92 Å². The molecule has 2 aromatic heterocycles. The maximum atomic E-state index is 12.6. The quantitative estimate of drug-likeness (QED) is 0.264. The lowest BCUT2D eigenvalue weighted by atomic mass is 10.0. The van der Waals surface area contributed by atoms with E-state index < -0.39 is 22.9 Å². The number of fused-ring (bicyclic) bond motifs is 1. The van der Waals surface area contributed by atoms with E-state index in [4.69, 9.17) is 9.47 Å². The average molecular weight is 475 g/mol. The zero-order chi connectivity index (χ0) is 24.9. The molecule has 0 radical (unpaired) electrons. The molecule has 0 spiro atoms. The van der Waals surface area contributed by atoms with Crippen molar-refractivity contribution in [1.29, 1.82) is 0 Å². The Morgan fingerprint density at radius 1 is 1.06 bits per heavy atom. The van der Waals surface area contributed by atoms with Crippen LogP contribution in [0.1, 0.15) is 25.1 Å². The predicted octanol–water partition coefficient (Wildman–Crippen LogP) is 3.26. The Morgan fingerprint density at radius 3 is 2.54 bits per heavy atom. The van der Waals surface area contributed by atoms with Gasteiger partial charge in [-0.25, -0.2) is 9.78 Å². The van der Waals surface area contributed by atoms with Gasteiger partial charge in [-0.3, -0.25) is 14.6 Å². The number of pyridine rings is 2. The number of aromatic nitrogens is 2. The van der Waals surface area contributed by atoms with Gasteiger partial charge in [0.25, 0.3) is 10.9 Å². The van der Waals surface area contributed by atoms with E-state index >= 15 is 0 Å². The smallest absolute Gasteiger partial charge is 0.328 e. The molecule has 35 heavy (non-hydrogen) atoms. The standard InChI is InChI=1S/C26H26N4O5/c1-4-34-24-21(22(31)23(24)32)30-20(26(33)35-5-2)13-16-6-8-18(9-7-16)29-25-19-14-27-11-10-17(19)12-15(3)28-25/h6-12,14,20,30H,4-5,13H2,1-3H3,(H,28,29)/t20-/m0/s1.